The number of hydrogen-bond acceptors (Lipinski definition) is 3. The van der Waals surface area contributed by atoms with Crippen LogP contribution in [0.2, 0.25) is 0 Å². The number of allylic oxidation sites excluding steroid dienone is 1. The third-order valence-corrected chi connectivity index (χ3v) is 1.33. The van der Waals surface area contributed by atoms with Crippen molar-refractivity contribution in [3.05, 3.63) is 12.2 Å². The first-order chi connectivity index (χ1) is 5.45. The minimum atomic E-state index is -0.836. The fourth-order valence-electron chi connectivity index (χ4n) is 0.748. The summed E-state index contributed by atoms with van der Waals surface area (Å²) in [5, 5.41) is 0. The van der Waals surface area contributed by atoms with Crippen LogP contribution in [0.4, 0.5) is 0 Å². The molecular weight excluding hydrogens is 158 g/mol. The van der Waals surface area contributed by atoms with Crippen LogP contribution in [-0.4, -0.2) is 17.5 Å². The van der Waals surface area contributed by atoms with Crippen LogP contribution in [0.5, 0.6) is 0 Å². The first kappa shape index (κ1) is 10.6. The summed E-state index contributed by atoms with van der Waals surface area (Å²) in [6, 6.07) is 0. The first-order valence-electron chi connectivity index (χ1n) is 3.43. The van der Waals surface area contributed by atoms with Crippen molar-refractivity contribution in [3.63, 3.8) is 0 Å². The van der Waals surface area contributed by atoms with Gasteiger partial charge >= 0.3 is 0 Å². The molecule has 66 valence electrons. The molecule has 0 rings (SSSR count). The molecule has 0 aromatic carbocycles. The Balaban J connectivity index is 4.44. The van der Waals surface area contributed by atoms with Gasteiger partial charge < -0.3 is 5.73 Å². The SMILES string of the molecule is CC(=O)C(/C=C/C(N)=O)C(C)=O. The van der Waals surface area contributed by atoms with Gasteiger partial charge in [-0.2, -0.15) is 0 Å². The molecule has 2 N–H and O–H groups in total. The molecule has 12 heavy (non-hydrogen) atoms. The van der Waals surface area contributed by atoms with Gasteiger partial charge in [0.15, 0.2) is 0 Å². The maximum atomic E-state index is 10.8. The van der Waals surface area contributed by atoms with E-state index in [1.165, 1.54) is 19.9 Å². The second kappa shape index (κ2) is 4.43. The van der Waals surface area contributed by atoms with Crippen LogP contribution in [0.1, 0.15) is 13.8 Å². The lowest BCUT2D eigenvalue weighted by molar-refractivity contribution is -0.128. The largest absolute Gasteiger partial charge is 0.366 e. The number of carbonyl (C=O) groups excluding carboxylic acids is 3. The van der Waals surface area contributed by atoms with Crippen molar-refractivity contribution in [1.29, 1.82) is 0 Å². The predicted molar refractivity (Wildman–Crippen MR) is 43.2 cm³/mol. The van der Waals surface area contributed by atoms with Crippen LogP contribution in [0.3, 0.4) is 0 Å². The van der Waals surface area contributed by atoms with E-state index >= 15 is 0 Å². The van der Waals surface area contributed by atoms with E-state index in [2.05, 4.69) is 0 Å². The second-order valence-electron chi connectivity index (χ2n) is 2.46. The van der Waals surface area contributed by atoms with E-state index in [9.17, 15) is 14.4 Å². The van der Waals surface area contributed by atoms with Crippen molar-refractivity contribution in [3.8, 4) is 0 Å². The number of amides is 1. The van der Waals surface area contributed by atoms with E-state index in [0.717, 1.165) is 6.08 Å². The van der Waals surface area contributed by atoms with Crippen molar-refractivity contribution in [2.45, 2.75) is 13.8 Å². The number of rotatable bonds is 4. The minimum absolute atomic E-state index is 0.292. The standard InChI is InChI=1S/C8H11NO3/c1-5(10)7(6(2)11)3-4-8(9)12/h3-4,7H,1-2H3,(H2,9,12)/b4-3+. The highest BCUT2D eigenvalue weighted by atomic mass is 16.2. The number of hydrogen-bond donors (Lipinski definition) is 1. The van der Waals surface area contributed by atoms with Crippen LogP contribution < -0.4 is 5.73 Å². The van der Waals surface area contributed by atoms with Crippen LogP contribution in [0.15, 0.2) is 12.2 Å². The van der Waals surface area contributed by atoms with Crippen LogP contribution >= 0.6 is 0 Å². The third kappa shape index (κ3) is 3.65. The zero-order valence-corrected chi connectivity index (χ0v) is 7.03. The Morgan fingerprint density at radius 1 is 1.17 bits per heavy atom. The summed E-state index contributed by atoms with van der Waals surface area (Å²) < 4.78 is 0. The summed E-state index contributed by atoms with van der Waals surface area (Å²) in [7, 11) is 0. The van der Waals surface area contributed by atoms with Gasteiger partial charge in [-0.15, -0.1) is 0 Å². The summed E-state index contributed by atoms with van der Waals surface area (Å²) in [6.07, 6.45) is 2.24. The smallest absolute Gasteiger partial charge is 0.241 e. The van der Waals surface area contributed by atoms with E-state index in [1.807, 2.05) is 0 Å². The van der Waals surface area contributed by atoms with E-state index in [1.54, 1.807) is 0 Å². The average molecular weight is 169 g/mol. The van der Waals surface area contributed by atoms with E-state index in [0.29, 0.717) is 0 Å². The van der Waals surface area contributed by atoms with Crippen LogP contribution in [0, 0.1) is 5.92 Å². The van der Waals surface area contributed by atoms with Crippen molar-refractivity contribution < 1.29 is 14.4 Å². The molecule has 0 aliphatic carbocycles. The lowest BCUT2D eigenvalue weighted by atomic mass is 10.0. The Morgan fingerprint density at radius 2 is 1.58 bits per heavy atom. The lowest BCUT2D eigenvalue weighted by Crippen LogP contribution is -2.18. The zero-order chi connectivity index (χ0) is 9.72. The molecule has 0 heterocycles. The molecule has 0 atom stereocenters. The summed E-state index contributed by atoms with van der Waals surface area (Å²) in [5.74, 6) is -2.08. The average Bonchev–Trinajstić information content (AvgIpc) is 1.84. The molecule has 0 saturated heterocycles. The highest BCUT2D eigenvalue weighted by Gasteiger charge is 2.15. The zero-order valence-electron chi connectivity index (χ0n) is 7.03. The fourth-order valence-corrected chi connectivity index (χ4v) is 0.748. The molecule has 0 aromatic heterocycles. The maximum absolute atomic E-state index is 10.8. The molecule has 4 heteroatoms. The van der Waals surface area contributed by atoms with Gasteiger partial charge in [-0.3, -0.25) is 14.4 Å². The normalized spacial score (nSPS) is 10.6. The number of ketones is 2. The molecule has 0 aliphatic heterocycles. The summed E-state index contributed by atoms with van der Waals surface area (Å²) in [6.45, 7) is 2.58. The van der Waals surface area contributed by atoms with Crippen molar-refractivity contribution in [2.75, 3.05) is 0 Å². The Bertz CT molecular complexity index is 229. The van der Waals surface area contributed by atoms with Crippen molar-refractivity contribution in [1.82, 2.24) is 0 Å². The molecule has 0 spiro atoms. The predicted octanol–water partition coefficient (Wildman–Crippen LogP) is -0.178. The third-order valence-electron chi connectivity index (χ3n) is 1.33. The molecule has 1 amide bonds. The van der Waals surface area contributed by atoms with Crippen LogP contribution in [-0.2, 0) is 14.4 Å². The van der Waals surface area contributed by atoms with Gasteiger partial charge in [0.25, 0.3) is 0 Å². The number of carbonyl (C=O) groups is 3. The molecular formula is C8H11NO3. The molecule has 0 bridgehead atoms. The lowest BCUT2D eigenvalue weighted by Gasteiger charge is -2.01. The molecule has 0 saturated carbocycles. The second-order valence-corrected chi connectivity index (χ2v) is 2.46. The first-order valence-corrected chi connectivity index (χ1v) is 3.43. The summed E-state index contributed by atoms with van der Waals surface area (Å²) >= 11 is 0. The molecule has 0 radical (unpaired) electrons. The van der Waals surface area contributed by atoms with Gasteiger partial charge in [0, 0.05) is 0 Å². The maximum Gasteiger partial charge on any atom is 0.241 e. The minimum Gasteiger partial charge on any atom is -0.366 e. The monoisotopic (exact) mass is 169 g/mol. The van der Waals surface area contributed by atoms with Crippen LogP contribution in [0.25, 0.3) is 0 Å². The molecule has 0 unspecified atom stereocenters. The Kier molecular flexibility index (Phi) is 3.90. The van der Waals surface area contributed by atoms with Crippen molar-refractivity contribution >= 4 is 17.5 Å². The van der Waals surface area contributed by atoms with Gasteiger partial charge in [-0.25, -0.2) is 0 Å². The molecule has 4 nitrogen and oxygen atoms in total. The van der Waals surface area contributed by atoms with Crippen molar-refractivity contribution in [2.24, 2.45) is 11.7 Å². The number of primary amides is 1. The van der Waals surface area contributed by atoms with Gasteiger partial charge in [0.2, 0.25) is 5.91 Å². The molecule has 0 fully saturated rings. The summed E-state index contributed by atoms with van der Waals surface area (Å²) in [5.41, 5.74) is 4.79. The topological polar surface area (TPSA) is 77.2 Å². The van der Waals surface area contributed by atoms with Gasteiger partial charge in [-0.05, 0) is 19.9 Å². The van der Waals surface area contributed by atoms with E-state index in [4.69, 9.17) is 5.73 Å². The molecule has 0 aromatic rings. The Labute approximate surface area is 70.4 Å². The van der Waals surface area contributed by atoms with Gasteiger partial charge in [-0.1, -0.05) is 6.08 Å². The summed E-state index contributed by atoms with van der Waals surface area (Å²) in [4.78, 5) is 31.8. The highest BCUT2D eigenvalue weighted by molar-refractivity contribution is 6.03. The highest BCUT2D eigenvalue weighted by Crippen LogP contribution is 2.01. The van der Waals surface area contributed by atoms with E-state index in [-0.39, 0.29) is 11.6 Å². The fraction of sp³-hybridized carbons (Fsp3) is 0.375. The Morgan fingerprint density at radius 3 is 1.83 bits per heavy atom. The van der Waals surface area contributed by atoms with Gasteiger partial charge in [0.05, 0.1) is 5.92 Å². The van der Waals surface area contributed by atoms with E-state index < -0.39 is 11.8 Å². The quantitative estimate of drug-likeness (QED) is 0.468. The van der Waals surface area contributed by atoms with Gasteiger partial charge in [0.1, 0.15) is 11.6 Å². The molecule has 0 aliphatic rings. The number of nitrogens with two attached hydrogens (primary N) is 1. The number of Topliss-reactive ketones (excluding diaryl/α,β-unsaturated/α-hetero) is 2. The Hall–Kier alpha value is -1.45.